The van der Waals surface area contributed by atoms with E-state index in [1.54, 1.807) is 0 Å². The maximum atomic E-state index is 13.0. The van der Waals surface area contributed by atoms with E-state index in [2.05, 4.69) is 20.1 Å². The Balaban J connectivity index is 2.11. The molecule has 14 heteroatoms. The number of hydrogen-bond donors (Lipinski definition) is 0. The van der Waals surface area contributed by atoms with Crippen molar-refractivity contribution in [1.29, 1.82) is 0 Å². The summed E-state index contributed by atoms with van der Waals surface area (Å²) in [4.78, 5) is 37.0. The van der Waals surface area contributed by atoms with Gasteiger partial charge in [0, 0.05) is 18.7 Å². The molecule has 0 spiro atoms. The molecule has 0 aliphatic rings. The molecular weight excluding hydrogens is 433 g/mol. The van der Waals surface area contributed by atoms with Crippen LogP contribution in [0.1, 0.15) is 5.69 Å². The number of esters is 1. The van der Waals surface area contributed by atoms with Crippen LogP contribution in [0.4, 0.5) is 13.2 Å². The topological polar surface area (TPSA) is 114 Å². The number of alkyl halides is 3. The van der Waals surface area contributed by atoms with Gasteiger partial charge < -0.3 is 4.74 Å². The van der Waals surface area contributed by atoms with Crippen LogP contribution in [0.15, 0.2) is 33.9 Å². The number of rotatable bonds is 4. The Labute approximate surface area is 170 Å². The first-order chi connectivity index (χ1) is 14.0. The third kappa shape index (κ3) is 3.96. The summed E-state index contributed by atoms with van der Waals surface area (Å²) in [5.41, 5.74) is -3.68. The van der Waals surface area contributed by atoms with Gasteiger partial charge in [-0.1, -0.05) is 11.6 Å². The quantitative estimate of drug-likeness (QED) is 0.552. The summed E-state index contributed by atoms with van der Waals surface area (Å²) in [5.74, 6) is -0.666. The lowest BCUT2D eigenvalue weighted by Crippen LogP contribution is -2.40. The van der Waals surface area contributed by atoms with Crippen LogP contribution in [0, 0.1) is 0 Å². The van der Waals surface area contributed by atoms with Crippen LogP contribution in [0.5, 0.6) is 0 Å². The zero-order chi connectivity index (χ0) is 22.2. The zero-order valence-corrected chi connectivity index (χ0v) is 16.1. The van der Waals surface area contributed by atoms with Gasteiger partial charge in [0.15, 0.2) is 6.54 Å². The summed E-state index contributed by atoms with van der Waals surface area (Å²) in [7, 11) is 2.08. The van der Waals surface area contributed by atoms with Crippen LogP contribution in [0.25, 0.3) is 17.1 Å². The molecule has 0 saturated carbocycles. The number of methoxy groups -OCH3 is 1. The van der Waals surface area contributed by atoms with Crippen molar-refractivity contribution in [3.63, 3.8) is 0 Å². The normalized spacial score (nSPS) is 11.5. The molecular formula is C16H12ClF3N6O4. The van der Waals surface area contributed by atoms with Crippen LogP contribution >= 0.6 is 11.6 Å². The Morgan fingerprint density at radius 3 is 2.57 bits per heavy atom. The van der Waals surface area contributed by atoms with Crippen molar-refractivity contribution in [2.75, 3.05) is 7.11 Å². The van der Waals surface area contributed by atoms with E-state index in [9.17, 15) is 27.6 Å². The fourth-order valence-electron chi connectivity index (χ4n) is 2.56. The van der Waals surface area contributed by atoms with Gasteiger partial charge in [0.1, 0.15) is 5.69 Å². The van der Waals surface area contributed by atoms with Gasteiger partial charge >= 0.3 is 17.8 Å². The zero-order valence-electron chi connectivity index (χ0n) is 15.3. The maximum absolute atomic E-state index is 13.0. The molecule has 0 fully saturated rings. The van der Waals surface area contributed by atoms with E-state index in [0.717, 1.165) is 11.8 Å². The van der Waals surface area contributed by atoms with E-state index >= 15 is 0 Å². The average molecular weight is 445 g/mol. The molecule has 1 aromatic carbocycles. The molecule has 158 valence electrons. The van der Waals surface area contributed by atoms with Crippen LogP contribution in [-0.2, 0) is 29.3 Å². The van der Waals surface area contributed by atoms with Crippen LogP contribution in [0.2, 0.25) is 5.02 Å². The number of benzene rings is 1. The van der Waals surface area contributed by atoms with Crippen LogP contribution in [-0.4, -0.2) is 42.4 Å². The highest BCUT2D eigenvalue weighted by molar-refractivity contribution is 6.33. The number of nitrogens with zero attached hydrogens (tertiary/aromatic N) is 6. The van der Waals surface area contributed by atoms with Gasteiger partial charge in [-0.25, -0.2) is 14.2 Å². The smallest absolute Gasteiger partial charge is 0.431 e. The first-order valence-electron chi connectivity index (χ1n) is 8.08. The van der Waals surface area contributed by atoms with E-state index in [0.29, 0.717) is 15.2 Å². The van der Waals surface area contributed by atoms with E-state index in [1.165, 1.54) is 25.3 Å². The first kappa shape index (κ1) is 21.2. The first-order valence-corrected chi connectivity index (χ1v) is 8.46. The number of hydrogen-bond acceptors (Lipinski definition) is 7. The van der Waals surface area contributed by atoms with Crippen LogP contribution < -0.4 is 11.2 Å². The summed E-state index contributed by atoms with van der Waals surface area (Å²) in [6.45, 7) is -0.320. The van der Waals surface area contributed by atoms with Crippen molar-refractivity contribution in [2.24, 2.45) is 7.05 Å². The maximum Gasteiger partial charge on any atom is 0.431 e. The van der Waals surface area contributed by atoms with Crippen molar-refractivity contribution < 1.29 is 22.7 Å². The largest absolute Gasteiger partial charge is 0.468 e. The molecule has 3 aromatic rings. The van der Waals surface area contributed by atoms with Crippen molar-refractivity contribution in [1.82, 2.24) is 29.3 Å². The highest BCUT2D eigenvalue weighted by Gasteiger charge is 2.35. The summed E-state index contributed by atoms with van der Waals surface area (Å²) in [5, 5.41) is 11.5. The molecule has 0 aliphatic carbocycles. The molecule has 0 bridgehead atoms. The molecule has 30 heavy (non-hydrogen) atoms. The minimum Gasteiger partial charge on any atom is -0.468 e. The van der Waals surface area contributed by atoms with E-state index in [-0.39, 0.29) is 28.6 Å². The van der Waals surface area contributed by atoms with Gasteiger partial charge in [-0.3, -0.25) is 9.36 Å². The van der Waals surface area contributed by atoms with Crippen molar-refractivity contribution >= 4 is 17.6 Å². The molecule has 2 heterocycles. The number of halogens is 4. The predicted molar refractivity (Wildman–Crippen MR) is 96.1 cm³/mol. The van der Waals surface area contributed by atoms with Gasteiger partial charge in [0.05, 0.1) is 17.8 Å². The van der Waals surface area contributed by atoms with Crippen molar-refractivity contribution in [2.45, 2.75) is 12.7 Å². The molecule has 0 N–H and O–H groups in total. The predicted octanol–water partition coefficient (Wildman–Crippen LogP) is 1.03. The molecule has 10 nitrogen and oxygen atoms in total. The summed E-state index contributed by atoms with van der Waals surface area (Å²) >= 11 is 6.13. The second kappa shape index (κ2) is 7.74. The second-order valence-corrected chi connectivity index (χ2v) is 6.33. The number of carbonyl (C=O) groups is 1. The van der Waals surface area contributed by atoms with Gasteiger partial charge in [0.2, 0.25) is 5.82 Å². The molecule has 0 saturated heterocycles. The van der Waals surface area contributed by atoms with Gasteiger partial charge in [-0.05, 0) is 23.4 Å². The standard InChI is InChI=1S/C16H12ClF3N6O4/c1-24-11(16(18,19)20)6-12(27)26(15(24)29)8-3-4-10(17)9(5-8)14-21-23-25(22-14)7-13(28)30-2/h3-6H,7H2,1-2H3. The fraction of sp³-hybridized carbons (Fsp3) is 0.250. The average Bonchev–Trinajstić information content (AvgIpc) is 3.13. The Kier molecular flexibility index (Phi) is 5.48. The molecule has 0 atom stereocenters. The Bertz CT molecular complexity index is 1250. The van der Waals surface area contributed by atoms with Gasteiger partial charge in [0.25, 0.3) is 5.56 Å². The van der Waals surface area contributed by atoms with Gasteiger partial charge in [-0.2, -0.15) is 18.0 Å². The Hall–Kier alpha value is -3.48. The summed E-state index contributed by atoms with van der Waals surface area (Å²) in [6, 6.07) is 4.16. The summed E-state index contributed by atoms with van der Waals surface area (Å²) < 4.78 is 44.4. The number of aromatic nitrogens is 6. The van der Waals surface area contributed by atoms with E-state index in [4.69, 9.17) is 11.6 Å². The lowest BCUT2D eigenvalue weighted by atomic mass is 10.2. The minimum atomic E-state index is -4.88. The Morgan fingerprint density at radius 1 is 1.23 bits per heavy atom. The molecule has 0 aliphatic heterocycles. The van der Waals surface area contributed by atoms with Gasteiger partial charge in [-0.15, -0.1) is 10.2 Å². The molecule has 2 aromatic heterocycles. The van der Waals surface area contributed by atoms with E-state index < -0.39 is 29.1 Å². The third-order valence-corrected chi connectivity index (χ3v) is 4.34. The second-order valence-electron chi connectivity index (χ2n) is 5.93. The molecule has 0 radical (unpaired) electrons. The highest BCUT2D eigenvalue weighted by Crippen LogP contribution is 2.28. The molecule has 0 amide bonds. The lowest BCUT2D eigenvalue weighted by molar-refractivity contribution is -0.144. The number of carbonyl (C=O) groups excluding carboxylic acids is 1. The minimum absolute atomic E-state index is 0.0393. The van der Waals surface area contributed by atoms with Crippen molar-refractivity contribution in [3.8, 4) is 17.1 Å². The van der Waals surface area contributed by atoms with Crippen molar-refractivity contribution in [3.05, 3.63) is 55.8 Å². The number of tetrazole rings is 1. The molecule has 0 unspecified atom stereocenters. The Morgan fingerprint density at radius 2 is 1.93 bits per heavy atom. The summed E-state index contributed by atoms with van der Waals surface area (Å²) in [6.07, 6.45) is -4.88. The highest BCUT2D eigenvalue weighted by atomic mass is 35.5. The van der Waals surface area contributed by atoms with Crippen LogP contribution in [0.3, 0.4) is 0 Å². The monoisotopic (exact) mass is 444 g/mol. The third-order valence-electron chi connectivity index (χ3n) is 4.01. The van der Waals surface area contributed by atoms with E-state index in [1.807, 2.05) is 0 Å². The SMILES string of the molecule is COC(=O)Cn1nnc(-c2cc(-n3c(=O)cc(C(F)(F)F)n(C)c3=O)ccc2Cl)n1. The molecule has 3 rings (SSSR count). The number of ether oxygens (including phenoxy) is 1. The fourth-order valence-corrected chi connectivity index (χ4v) is 2.76. The lowest BCUT2D eigenvalue weighted by Gasteiger charge is -2.14.